The van der Waals surface area contributed by atoms with Gasteiger partial charge < -0.3 is 10.5 Å². The molecule has 1 atom stereocenters. The minimum Gasteiger partial charge on any atom is -0.497 e. The topological polar surface area (TPSA) is 61.0 Å². The third-order valence-electron chi connectivity index (χ3n) is 3.37. The zero-order valence-electron chi connectivity index (χ0n) is 11.5. The number of nitrogens with zero attached hydrogens (tertiary/aromatic N) is 2. The molecule has 0 aliphatic carbocycles. The second kappa shape index (κ2) is 5.68. The summed E-state index contributed by atoms with van der Waals surface area (Å²) in [4.78, 5) is 8.54. The van der Waals surface area contributed by atoms with Crippen molar-refractivity contribution in [3.05, 3.63) is 65.1 Å². The van der Waals surface area contributed by atoms with Crippen molar-refractivity contribution in [2.75, 3.05) is 7.11 Å². The first-order valence-corrected chi connectivity index (χ1v) is 6.88. The van der Waals surface area contributed by atoms with Crippen LogP contribution in [0.4, 0.5) is 0 Å². The highest BCUT2D eigenvalue weighted by Crippen LogP contribution is 2.27. The smallest absolute Gasteiger partial charge is 0.223 e. The number of para-hydroxylation sites is 1. The Morgan fingerprint density at radius 2 is 1.76 bits per heavy atom. The number of methoxy groups -OCH3 is 1. The molecule has 0 saturated carbocycles. The van der Waals surface area contributed by atoms with Gasteiger partial charge >= 0.3 is 0 Å². The summed E-state index contributed by atoms with van der Waals surface area (Å²) in [6.07, 6.45) is 0. The Morgan fingerprint density at radius 1 is 1.05 bits per heavy atom. The van der Waals surface area contributed by atoms with E-state index in [2.05, 4.69) is 9.97 Å². The lowest BCUT2D eigenvalue weighted by molar-refractivity contribution is 0.414. The number of aromatic nitrogens is 2. The van der Waals surface area contributed by atoms with Crippen molar-refractivity contribution in [2.24, 2.45) is 5.73 Å². The van der Waals surface area contributed by atoms with E-state index in [9.17, 15) is 0 Å². The van der Waals surface area contributed by atoms with Gasteiger partial charge in [-0.15, -0.1) is 0 Å². The van der Waals surface area contributed by atoms with Gasteiger partial charge in [0.15, 0.2) is 0 Å². The first-order chi connectivity index (χ1) is 10.2. The van der Waals surface area contributed by atoms with Crippen molar-refractivity contribution in [2.45, 2.75) is 6.04 Å². The van der Waals surface area contributed by atoms with Gasteiger partial charge in [-0.25, -0.2) is 9.97 Å². The Labute approximate surface area is 127 Å². The van der Waals surface area contributed by atoms with E-state index in [0.717, 1.165) is 27.9 Å². The minimum atomic E-state index is -0.374. The van der Waals surface area contributed by atoms with Crippen LogP contribution in [0.1, 0.15) is 17.3 Å². The Balaban J connectivity index is 2.09. The van der Waals surface area contributed by atoms with E-state index >= 15 is 0 Å². The van der Waals surface area contributed by atoms with E-state index in [1.54, 1.807) is 7.11 Å². The number of fused-ring (bicyclic) bond motifs is 1. The van der Waals surface area contributed by atoms with Gasteiger partial charge in [0.1, 0.15) is 5.75 Å². The fraction of sp³-hybridized carbons (Fsp3) is 0.125. The fourth-order valence-corrected chi connectivity index (χ4v) is 2.46. The second-order valence-electron chi connectivity index (χ2n) is 4.65. The van der Waals surface area contributed by atoms with Crippen molar-refractivity contribution >= 4 is 22.5 Å². The molecular weight excluding hydrogens is 286 g/mol. The summed E-state index contributed by atoms with van der Waals surface area (Å²) in [5, 5.41) is 1.11. The molecule has 2 N–H and O–H groups in total. The van der Waals surface area contributed by atoms with Gasteiger partial charge in [-0.3, -0.25) is 0 Å². The molecule has 0 aliphatic rings. The summed E-state index contributed by atoms with van der Waals surface area (Å²) in [6, 6.07) is 14.9. The molecule has 0 saturated heterocycles. The SMILES string of the molecule is COc1ccc(C(N)c2nc(Cl)nc3ccccc23)cc1. The number of hydrogen-bond acceptors (Lipinski definition) is 4. The lowest BCUT2D eigenvalue weighted by atomic mass is 10.0. The molecule has 0 radical (unpaired) electrons. The van der Waals surface area contributed by atoms with E-state index in [-0.39, 0.29) is 11.3 Å². The van der Waals surface area contributed by atoms with Crippen LogP contribution < -0.4 is 10.5 Å². The molecule has 1 unspecified atom stereocenters. The second-order valence-corrected chi connectivity index (χ2v) is 4.98. The quantitative estimate of drug-likeness (QED) is 0.754. The monoisotopic (exact) mass is 299 g/mol. The molecule has 1 heterocycles. The maximum Gasteiger partial charge on any atom is 0.223 e. The Bertz CT molecular complexity index is 774. The van der Waals surface area contributed by atoms with Crippen molar-refractivity contribution in [3.63, 3.8) is 0 Å². The summed E-state index contributed by atoms with van der Waals surface area (Å²) in [7, 11) is 1.63. The Hall–Kier alpha value is -2.17. The summed E-state index contributed by atoms with van der Waals surface area (Å²) in [6.45, 7) is 0. The average molecular weight is 300 g/mol. The number of ether oxygens (including phenoxy) is 1. The van der Waals surface area contributed by atoms with E-state index in [1.807, 2.05) is 48.5 Å². The molecule has 0 spiro atoms. The normalized spacial score (nSPS) is 12.3. The predicted octanol–water partition coefficient (Wildman–Crippen LogP) is 3.34. The van der Waals surface area contributed by atoms with Gasteiger partial charge in [0.2, 0.25) is 5.28 Å². The molecule has 1 aromatic heterocycles. The van der Waals surface area contributed by atoms with Crippen molar-refractivity contribution < 1.29 is 4.74 Å². The van der Waals surface area contributed by atoms with Gasteiger partial charge in [-0.05, 0) is 35.4 Å². The Morgan fingerprint density at radius 3 is 2.48 bits per heavy atom. The zero-order chi connectivity index (χ0) is 14.8. The van der Waals surface area contributed by atoms with Crippen molar-refractivity contribution in [1.82, 2.24) is 9.97 Å². The van der Waals surface area contributed by atoms with Crippen molar-refractivity contribution in [1.29, 1.82) is 0 Å². The van der Waals surface area contributed by atoms with E-state index in [0.29, 0.717) is 0 Å². The average Bonchev–Trinajstić information content (AvgIpc) is 2.53. The van der Waals surface area contributed by atoms with Crippen LogP contribution in [0.15, 0.2) is 48.5 Å². The molecular formula is C16H14ClN3O. The lowest BCUT2D eigenvalue weighted by Gasteiger charge is -2.14. The summed E-state index contributed by atoms with van der Waals surface area (Å²) >= 11 is 6.01. The highest BCUT2D eigenvalue weighted by molar-refractivity contribution is 6.28. The molecule has 4 nitrogen and oxygen atoms in total. The van der Waals surface area contributed by atoms with Gasteiger partial charge in [0.25, 0.3) is 0 Å². The van der Waals surface area contributed by atoms with E-state index in [4.69, 9.17) is 22.1 Å². The highest BCUT2D eigenvalue weighted by atomic mass is 35.5. The molecule has 3 rings (SSSR count). The van der Waals surface area contributed by atoms with Crippen LogP contribution in [0.5, 0.6) is 5.75 Å². The van der Waals surface area contributed by atoms with Crippen molar-refractivity contribution in [3.8, 4) is 5.75 Å². The Kier molecular flexibility index (Phi) is 3.73. The fourth-order valence-electron chi connectivity index (χ4n) is 2.28. The summed E-state index contributed by atoms with van der Waals surface area (Å²) in [5.41, 5.74) is 8.80. The summed E-state index contributed by atoms with van der Waals surface area (Å²) < 4.78 is 5.16. The van der Waals surface area contributed by atoms with Crippen LogP contribution in [0.2, 0.25) is 5.28 Å². The van der Waals surface area contributed by atoms with Gasteiger partial charge in [0.05, 0.1) is 24.4 Å². The molecule has 3 aromatic rings. The number of benzene rings is 2. The van der Waals surface area contributed by atoms with Gasteiger partial charge in [-0.1, -0.05) is 30.3 Å². The maximum atomic E-state index is 6.35. The highest BCUT2D eigenvalue weighted by Gasteiger charge is 2.15. The molecule has 21 heavy (non-hydrogen) atoms. The van der Waals surface area contributed by atoms with Crippen LogP contribution >= 0.6 is 11.6 Å². The molecule has 0 aliphatic heterocycles. The standard InChI is InChI=1S/C16H14ClN3O/c1-21-11-8-6-10(7-9-11)14(18)15-12-4-2-3-5-13(12)19-16(17)20-15/h2-9,14H,18H2,1H3. The first kappa shape index (κ1) is 13.8. The predicted molar refractivity (Wildman–Crippen MR) is 83.6 cm³/mol. The molecule has 0 fully saturated rings. The first-order valence-electron chi connectivity index (χ1n) is 6.51. The molecule has 106 valence electrons. The number of rotatable bonds is 3. The van der Waals surface area contributed by atoms with E-state index < -0.39 is 0 Å². The van der Waals surface area contributed by atoms with Crippen LogP contribution in [0.3, 0.4) is 0 Å². The van der Waals surface area contributed by atoms with E-state index in [1.165, 1.54) is 0 Å². The summed E-state index contributed by atoms with van der Waals surface area (Å²) in [5.74, 6) is 0.788. The third-order valence-corrected chi connectivity index (χ3v) is 3.54. The number of nitrogens with two attached hydrogens (primary N) is 1. The van der Waals surface area contributed by atoms with Crippen LogP contribution in [-0.4, -0.2) is 17.1 Å². The van der Waals surface area contributed by atoms with Crippen LogP contribution in [0, 0.1) is 0 Å². The minimum absolute atomic E-state index is 0.202. The largest absolute Gasteiger partial charge is 0.497 e. The molecule has 2 aromatic carbocycles. The van der Waals surface area contributed by atoms with Crippen LogP contribution in [-0.2, 0) is 0 Å². The number of hydrogen-bond donors (Lipinski definition) is 1. The molecule has 5 heteroatoms. The molecule has 0 amide bonds. The lowest BCUT2D eigenvalue weighted by Crippen LogP contribution is -2.14. The molecule has 0 bridgehead atoms. The zero-order valence-corrected chi connectivity index (χ0v) is 12.2. The third kappa shape index (κ3) is 2.68. The number of halogens is 1. The van der Waals surface area contributed by atoms with Gasteiger partial charge in [0, 0.05) is 5.39 Å². The van der Waals surface area contributed by atoms with Gasteiger partial charge in [-0.2, -0.15) is 0 Å². The van der Waals surface area contributed by atoms with Crippen LogP contribution in [0.25, 0.3) is 10.9 Å². The maximum absolute atomic E-state index is 6.35.